The number of nitrogen functional groups attached to an aromatic ring is 1. The number of hydrogen-bond acceptors (Lipinski definition) is 4. The molecule has 74 valence electrons. The highest BCUT2D eigenvalue weighted by molar-refractivity contribution is 8.13. The zero-order chi connectivity index (χ0) is 10.3. The number of anilines is 1. The van der Waals surface area contributed by atoms with E-state index in [2.05, 4.69) is 9.97 Å². The molecule has 0 aliphatic carbocycles. The molecule has 3 N–H and O–H groups in total. The molecule has 14 heavy (non-hydrogen) atoms. The second-order valence-electron chi connectivity index (χ2n) is 2.75. The van der Waals surface area contributed by atoms with E-state index in [1.807, 2.05) is 0 Å². The fourth-order valence-electron chi connectivity index (χ4n) is 1.19. The summed E-state index contributed by atoms with van der Waals surface area (Å²) in [7, 11) is 1.43. The Balaban J connectivity index is 2.83. The molecular formula is C7H6ClN3O2S. The van der Waals surface area contributed by atoms with Crippen molar-refractivity contribution in [2.75, 3.05) is 5.73 Å². The van der Waals surface area contributed by atoms with Crippen LogP contribution in [0.1, 0.15) is 0 Å². The summed E-state index contributed by atoms with van der Waals surface area (Å²) in [5.74, 6) is 0. The third kappa shape index (κ3) is 1.42. The van der Waals surface area contributed by atoms with Crippen molar-refractivity contribution in [3.63, 3.8) is 0 Å². The number of nitrogens with zero attached hydrogens (tertiary/aromatic N) is 1. The lowest BCUT2D eigenvalue weighted by atomic mass is 10.3. The molecule has 0 aliphatic rings. The number of aromatic amines is 1. The lowest BCUT2D eigenvalue weighted by molar-refractivity contribution is 0.609. The van der Waals surface area contributed by atoms with Crippen LogP contribution in [0.2, 0.25) is 0 Å². The molecule has 2 aromatic rings. The van der Waals surface area contributed by atoms with Crippen molar-refractivity contribution in [2.45, 2.75) is 4.90 Å². The lowest BCUT2D eigenvalue weighted by Gasteiger charge is -1.99. The maximum atomic E-state index is 11.0. The number of nitrogens with one attached hydrogen (secondary N) is 1. The van der Waals surface area contributed by atoms with Gasteiger partial charge in [0.15, 0.2) is 0 Å². The number of H-pyrrole nitrogens is 1. The van der Waals surface area contributed by atoms with E-state index >= 15 is 0 Å². The van der Waals surface area contributed by atoms with Crippen LogP contribution in [-0.4, -0.2) is 18.4 Å². The number of fused-ring (bicyclic) bond motifs is 1. The second-order valence-corrected chi connectivity index (χ2v) is 5.31. The number of rotatable bonds is 1. The monoisotopic (exact) mass is 231 g/mol. The van der Waals surface area contributed by atoms with E-state index in [4.69, 9.17) is 16.4 Å². The minimum atomic E-state index is -3.75. The van der Waals surface area contributed by atoms with Crippen molar-refractivity contribution in [3.05, 3.63) is 18.5 Å². The number of aromatic nitrogens is 2. The van der Waals surface area contributed by atoms with Crippen molar-refractivity contribution in [1.82, 2.24) is 9.97 Å². The third-order valence-electron chi connectivity index (χ3n) is 1.81. The SMILES string of the molecule is Nc1cc(S(=O)(=O)Cl)cc2[nH]cnc12. The number of hydrogen-bond donors (Lipinski definition) is 2. The molecule has 2 rings (SSSR count). The molecule has 0 saturated carbocycles. The molecular weight excluding hydrogens is 226 g/mol. The Morgan fingerprint density at radius 2 is 2.14 bits per heavy atom. The first kappa shape index (κ1) is 9.29. The molecule has 7 heteroatoms. The number of benzene rings is 1. The predicted octanol–water partition coefficient (Wildman–Crippen LogP) is 1.07. The molecule has 0 fully saturated rings. The normalized spacial score (nSPS) is 12.1. The molecule has 0 bridgehead atoms. The summed E-state index contributed by atoms with van der Waals surface area (Å²) in [6, 6.07) is 2.67. The van der Waals surface area contributed by atoms with E-state index in [0.29, 0.717) is 11.0 Å². The number of imidazole rings is 1. The van der Waals surface area contributed by atoms with Crippen molar-refractivity contribution < 1.29 is 8.42 Å². The predicted molar refractivity (Wildman–Crippen MR) is 53.5 cm³/mol. The van der Waals surface area contributed by atoms with E-state index in [9.17, 15) is 8.42 Å². The van der Waals surface area contributed by atoms with Gasteiger partial charge in [0.05, 0.1) is 22.4 Å². The van der Waals surface area contributed by atoms with Crippen molar-refractivity contribution in [2.24, 2.45) is 0 Å². The molecule has 0 atom stereocenters. The Morgan fingerprint density at radius 1 is 1.43 bits per heavy atom. The Bertz CT molecular complexity index is 590. The van der Waals surface area contributed by atoms with Crippen LogP contribution in [-0.2, 0) is 9.05 Å². The maximum absolute atomic E-state index is 11.0. The van der Waals surface area contributed by atoms with Crippen molar-refractivity contribution in [1.29, 1.82) is 0 Å². The average Bonchev–Trinajstić information content (AvgIpc) is 2.50. The van der Waals surface area contributed by atoms with Gasteiger partial charge in [-0.2, -0.15) is 0 Å². The molecule has 5 nitrogen and oxygen atoms in total. The maximum Gasteiger partial charge on any atom is 0.261 e. The van der Waals surface area contributed by atoms with E-state index in [1.165, 1.54) is 18.5 Å². The van der Waals surface area contributed by atoms with Crippen molar-refractivity contribution >= 4 is 36.5 Å². The summed E-state index contributed by atoms with van der Waals surface area (Å²) in [5.41, 5.74) is 6.95. The van der Waals surface area contributed by atoms with Gasteiger partial charge in [-0.05, 0) is 12.1 Å². The lowest BCUT2D eigenvalue weighted by Crippen LogP contribution is -1.94. The van der Waals surface area contributed by atoms with Crippen LogP contribution < -0.4 is 5.73 Å². The van der Waals surface area contributed by atoms with Gasteiger partial charge < -0.3 is 10.7 Å². The first-order valence-corrected chi connectivity index (χ1v) is 5.96. The Hall–Kier alpha value is -1.27. The summed E-state index contributed by atoms with van der Waals surface area (Å²) in [6.07, 6.45) is 1.44. The fourth-order valence-corrected chi connectivity index (χ4v) is 1.98. The molecule has 1 heterocycles. The Kier molecular flexibility index (Phi) is 1.90. The summed E-state index contributed by atoms with van der Waals surface area (Å²) in [6.45, 7) is 0. The fraction of sp³-hybridized carbons (Fsp3) is 0. The average molecular weight is 232 g/mol. The quantitative estimate of drug-likeness (QED) is 0.568. The van der Waals surface area contributed by atoms with Gasteiger partial charge in [-0.3, -0.25) is 0 Å². The van der Waals surface area contributed by atoms with Gasteiger partial charge in [0, 0.05) is 10.7 Å². The summed E-state index contributed by atoms with van der Waals surface area (Å²) in [4.78, 5) is 6.65. The summed E-state index contributed by atoms with van der Waals surface area (Å²) < 4.78 is 22.1. The smallest absolute Gasteiger partial charge is 0.261 e. The second kappa shape index (κ2) is 2.86. The highest BCUT2D eigenvalue weighted by atomic mass is 35.7. The highest BCUT2D eigenvalue weighted by Gasteiger charge is 2.13. The minimum absolute atomic E-state index is 0.0339. The van der Waals surface area contributed by atoms with Gasteiger partial charge in [0.1, 0.15) is 5.52 Å². The zero-order valence-corrected chi connectivity index (χ0v) is 8.43. The number of nitrogens with two attached hydrogens (primary N) is 1. The summed E-state index contributed by atoms with van der Waals surface area (Å²) in [5, 5.41) is 0. The van der Waals surface area contributed by atoms with Gasteiger partial charge in [-0.25, -0.2) is 13.4 Å². The molecule has 1 aromatic heterocycles. The van der Waals surface area contributed by atoms with Crippen LogP contribution in [0.4, 0.5) is 5.69 Å². The van der Waals surface area contributed by atoms with Gasteiger partial charge in [0.2, 0.25) is 0 Å². The molecule has 0 saturated heterocycles. The van der Waals surface area contributed by atoms with Gasteiger partial charge in [-0.1, -0.05) is 0 Å². The Morgan fingerprint density at radius 3 is 2.79 bits per heavy atom. The summed E-state index contributed by atoms with van der Waals surface area (Å²) >= 11 is 0. The third-order valence-corrected chi connectivity index (χ3v) is 3.14. The van der Waals surface area contributed by atoms with Crippen LogP contribution in [0, 0.1) is 0 Å². The van der Waals surface area contributed by atoms with E-state index < -0.39 is 9.05 Å². The largest absolute Gasteiger partial charge is 0.397 e. The van der Waals surface area contributed by atoms with E-state index in [-0.39, 0.29) is 10.6 Å². The van der Waals surface area contributed by atoms with Crippen LogP contribution >= 0.6 is 10.7 Å². The van der Waals surface area contributed by atoms with Crippen molar-refractivity contribution in [3.8, 4) is 0 Å². The topological polar surface area (TPSA) is 88.8 Å². The van der Waals surface area contributed by atoms with Gasteiger partial charge >= 0.3 is 0 Å². The zero-order valence-electron chi connectivity index (χ0n) is 6.86. The van der Waals surface area contributed by atoms with E-state index in [1.54, 1.807) is 0 Å². The van der Waals surface area contributed by atoms with Crippen LogP contribution in [0.25, 0.3) is 11.0 Å². The highest BCUT2D eigenvalue weighted by Crippen LogP contribution is 2.24. The molecule has 0 unspecified atom stereocenters. The van der Waals surface area contributed by atoms with Crippen LogP contribution in [0.3, 0.4) is 0 Å². The minimum Gasteiger partial charge on any atom is -0.397 e. The van der Waals surface area contributed by atoms with Crippen LogP contribution in [0.5, 0.6) is 0 Å². The number of halogens is 1. The molecule has 0 radical (unpaired) electrons. The standard InChI is InChI=1S/C7H6ClN3O2S/c8-14(12,13)4-1-5(9)7-6(2-4)10-3-11-7/h1-3H,9H2,(H,10,11). The first-order chi connectivity index (χ1) is 6.48. The van der Waals surface area contributed by atoms with Gasteiger partial charge in [-0.15, -0.1) is 0 Å². The van der Waals surface area contributed by atoms with E-state index in [0.717, 1.165) is 0 Å². The molecule has 0 aliphatic heterocycles. The first-order valence-electron chi connectivity index (χ1n) is 3.66. The molecule has 0 spiro atoms. The molecule has 0 amide bonds. The molecule has 1 aromatic carbocycles. The Labute approximate surface area is 84.3 Å². The van der Waals surface area contributed by atoms with Gasteiger partial charge in [0.25, 0.3) is 9.05 Å². The van der Waals surface area contributed by atoms with Crippen LogP contribution in [0.15, 0.2) is 23.4 Å².